The first-order chi connectivity index (χ1) is 5.70. The molecule has 0 aliphatic rings. The molecule has 1 aromatic heterocycles. The average molecular weight is 230 g/mol. The summed E-state index contributed by atoms with van der Waals surface area (Å²) in [6.07, 6.45) is 2.30. The number of halogens is 1. The smallest absolute Gasteiger partial charge is 0.242 e. The Kier molecular flexibility index (Phi) is 2.78. The number of aliphatic imine (C=N–C) groups is 1. The third kappa shape index (κ3) is 1.47. The van der Waals surface area contributed by atoms with Crippen molar-refractivity contribution < 1.29 is 4.79 Å². The van der Waals surface area contributed by atoms with E-state index in [2.05, 4.69) is 26.0 Å². The van der Waals surface area contributed by atoms with Crippen molar-refractivity contribution in [3.63, 3.8) is 0 Å². The Balaban J connectivity index is 3.25. The highest BCUT2D eigenvalue weighted by molar-refractivity contribution is 9.10. The lowest BCUT2D eigenvalue weighted by molar-refractivity contribution is 0.565. The minimum atomic E-state index is 0.393. The van der Waals surface area contributed by atoms with Crippen LogP contribution in [-0.2, 0) is 18.3 Å². The summed E-state index contributed by atoms with van der Waals surface area (Å²) in [6, 6.07) is 0. The van der Waals surface area contributed by atoms with Gasteiger partial charge in [0.25, 0.3) is 0 Å². The molecule has 1 rings (SSSR count). The number of rotatable bonds is 2. The monoisotopic (exact) mass is 229 g/mol. The molecule has 12 heavy (non-hydrogen) atoms. The van der Waals surface area contributed by atoms with Crippen LogP contribution in [0.2, 0.25) is 0 Å². The predicted molar refractivity (Wildman–Crippen MR) is 48.1 cm³/mol. The predicted octanol–water partition coefficient (Wildman–Crippen LogP) is 1.71. The van der Waals surface area contributed by atoms with Crippen LogP contribution in [0.4, 0.5) is 5.82 Å². The van der Waals surface area contributed by atoms with Crippen LogP contribution in [0.1, 0.15) is 12.6 Å². The van der Waals surface area contributed by atoms with Crippen LogP contribution in [0, 0.1) is 0 Å². The topological polar surface area (TPSA) is 47.2 Å². The molecule has 0 spiro atoms. The van der Waals surface area contributed by atoms with Crippen LogP contribution in [0.5, 0.6) is 0 Å². The van der Waals surface area contributed by atoms with Gasteiger partial charge in [-0.2, -0.15) is 5.10 Å². The Morgan fingerprint density at radius 2 is 2.42 bits per heavy atom. The van der Waals surface area contributed by atoms with Crippen molar-refractivity contribution >= 4 is 27.8 Å². The van der Waals surface area contributed by atoms with Gasteiger partial charge in [-0.1, -0.05) is 6.92 Å². The molecule has 4 nitrogen and oxygen atoms in total. The first-order valence-corrected chi connectivity index (χ1v) is 4.29. The Hall–Kier alpha value is -0.930. The quantitative estimate of drug-likeness (QED) is 0.573. The molecule has 0 bridgehead atoms. The number of hydrogen-bond donors (Lipinski definition) is 0. The van der Waals surface area contributed by atoms with Gasteiger partial charge < -0.3 is 0 Å². The first-order valence-electron chi connectivity index (χ1n) is 3.50. The van der Waals surface area contributed by atoms with Gasteiger partial charge >= 0.3 is 0 Å². The summed E-state index contributed by atoms with van der Waals surface area (Å²) in [6.45, 7) is 2.01. The van der Waals surface area contributed by atoms with E-state index in [1.54, 1.807) is 4.68 Å². The van der Waals surface area contributed by atoms with Crippen LogP contribution >= 0.6 is 15.9 Å². The fraction of sp³-hybridized carbons (Fsp3) is 0.429. The Morgan fingerprint density at radius 1 is 1.75 bits per heavy atom. The summed E-state index contributed by atoms with van der Waals surface area (Å²) in [4.78, 5) is 13.4. The zero-order chi connectivity index (χ0) is 9.14. The maximum atomic E-state index is 9.97. The molecule has 0 aliphatic heterocycles. The minimum Gasteiger partial charge on any atom is -0.269 e. The third-order valence-corrected chi connectivity index (χ3v) is 2.38. The molecular formula is C7H8BrN3O. The highest BCUT2D eigenvalue weighted by Crippen LogP contribution is 2.27. The number of aryl methyl sites for hydroxylation is 1. The number of nitrogens with zero attached hydrogens (tertiary/aromatic N) is 3. The van der Waals surface area contributed by atoms with Crippen molar-refractivity contribution in [1.29, 1.82) is 0 Å². The average Bonchev–Trinajstić information content (AvgIpc) is 2.29. The molecule has 0 aliphatic carbocycles. The normalized spacial score (nSPS) is 9.58. The second-order valence-electron chi connectivity index (χ2n) is 2.26. The van der Waals surface area contributed by atoms with Crippen molar-refractivity contribution in [1.82, 2.24) is 9.78 Å². The van der Waals surface area contributed by atoms with Gasteiger partial charge in [-0.3, -0.25) is 4.68 Å². The van der Waals surface area contributed by atoms with Gasteiger partial charge in [-0.25, -0.2) is 4.79 Å². The molecule has 0 saturated heterocycles. The lowest BCUT2D eigenvalue weighted by Crippen LogP contribution is -1.95. The highest BCUT2D eigenvalue weighted by atomic mass is 79.9. The lowest BCUT2D eigenvalue weighted by atomic mass is 10.3. The van der Waals surface area contributed by atoms with Crippen LogP contribution in [-0.4, -0.2) is 15.9 Å². The zero-order valence-electron chi connectivity index (χ0n) is 6.83. The van der Waals surface area contributed by atoms with E-state index in [9.17, 15) is 4.79 Å². The highest BCUT2D eigenvalue weighted by Gasteiger charge is 2.10. The standard InChI is InChI=1S/C7H8BrN3O/c1-3-5-6(8)7(9-4-12)10-11(5)2/h3H2,1-2H3. The molecule has 0 saturated carbocycles. The molecule has 1 aromatic rings. The van der Waals surface area contributed by atoms with Crippen molar-refractivity contribution in [3.05, 3.63) is 10.2 Å². The van der Waals surface area contributed by atoms with Crippen molar-refractivity contribution in [3.8, 4) is 0 Å². The van der Waals surface area contributed by atoms with Crippen LogP contribution in [0.15, 0.2) is 9.47 Å². The summed E-state index contributed by atoms with van der Waals surface area (Å²) in [5.74, 6) is 0.393. The second kappa shape index (κ2) is 3.65. The summed E-state index contributed by atoms with van der Waals surface area (Å²) in [5.41, 5.74) is 1.02. The first kappa shape index (κ1) is 9.16. The van der Waals surface area contributed by atoms with Gasteiger partial charge in [-0.15, -0.1) is 4.99 Å². The van der Waals surface area contributed by atoms with E-state index in [0.29, 0.717) is 5.82 Å². The van der Waals surface area contributed by atoms with Crippen molar-refractivity contribution in [2.45, 2.75) is 13.3 Å². The second-order valence-corrected chi connectivity index (χ2v) is 3.06. The van der Waals surface area contributed by atoms with Gasteiger partial charge in [0, 0.05) is 7.05 Å². The summed E-state index contributed by atoms with van der Waals surface area (Å²) >= 11 is 3.31. The maximum Gasteiger partial charge on any atom is 0.242 e. The van der Waals surface area contributed by atoms with Gasteiger partial charge in [0.1, 0.15) is 0 Å². The summed E-state index contributed by atoms with van der Waals surface area (Å²) in [5, 5.41) is 4.01. The molecule has 64 valence electrons. The molecule has 0 fully saturated rings. The van der Waals surface area contributed by atoms with E-state index in [0.717, 1.165) is 16.6 Å². The van der Waals surface area contributed by atoms with Gasteiger partial charge in [0.2, 0.25) is 11.9 Å². The lowest BCUT2D eigenvalue weighted by Gasteiger charge is -1.94. The van der Waals surface area contributed by atoms with E-state index in [1.807, 2.05) is 14.0 Å². The molecule has 1 heterocycles. The van der Waals surface area contributed by atoms with E-state index >= 15 is 0 Å². The fourth-order valence-electron chi connectivity index (χ4n) is 1.02. The van der Waals surface area contributed by atoms with Crippen molar-refractivity contribution in [2.24, 2.45) is 12.0 Å². The van der Waals surface area contributed by atoms with Gasteiger partial charge in [0.05, 0.1) is 10.2 Å². The van der Waals surface area contributed by atoms with Crippen LogP contribution < -0.4 is 0 Å². The van der Waals surface area contributed by atoms with Crippen LogP contribution in [0.3, 0.4) is 0 Å². The van der Waals surface area contributed by atoms with E-state index in [4.69, 9.17) is 0 Å². The van der Waals surface area contributed by atoms with Gasteiger partial charge in [-0.05, 0) is 22.4 Å². The number of hydrogen-bond acceptors (Lipinski definition) is 3. The fourth-order valence-corrected chi connectivity index (χ4v) is 1.72. The molecule has 0 unspecified atom stereocenters. The summed E-state index contributed by atoms with van der Waals surface area (Å²) < 4.78 is 2.47. The maximum absolute atomic E-state index is 9.97. The minimum absolute atomic E-state index is 0.393. The Labute approximate surface area is 78.4 Å². The Bertz CT molecular complexity index is 339. The van der Waals surface area contributed by atoms with E-state index < -0.39 is 0 Å². The molecule has 0 aromatic carbocycles. The number of aromatic nitrogens is 2. The number of isocyanates is 1. The molecule has 0 amide bonds. The summed E-state index contributed by atoms with van der Waals surface area (Å²) in [7, 11) is 1.81. The Morgan fingerprint density at radius 3 is 2.83 bits per heavy atom. The zero-order valence-corrected chi connectivity index (χ0v) is 8.42. The van der Waals surface area contributed by atoms with E-state index in [1.165, 1.54) is 6.08 Å². The molecule has 0 N–H and O–H groups in total. The van der Waals surface area contributed by atoms with Crippen molar-refractivity contribution in [2.75, 3.05) is 0 Å². The van der Waals surface area contributed by atoms with Crippen LogP contribution in [0.25, 0.3) is 0 Å². The van der Waals surface area contributed by atoms with Gasteiger partial charge in [0.15, 0.2) is 0 Å². The molecule has 5 heteroatoms. The third-order valence-electron chi connectivity index (χ3n) is 1.57. The molecule has 0 radical (unpaired) electrons. The molecule has 0 atom stereocenters. The van der Waals surface area contributed by atoms with E-state index in [-0.39, 0.29) is 0 Å². The SMILES string of the molecule is CCc1c(Br)c(N=C=O)nn1C. The largest absolute Gasteiger partial charge is 0.269 e. The molecular weight excluding hydrogens is 222 g/mol. The number of carbonyl (C=O) groups excluding carboxylic acids is 1.